The molecule has 0 bridgehead atoms. The fourth-order valence-corrected chi connectivity index (χ4v) is 2.19. The van der Waals surface area contributed by atoms with E-state index in [9.17, 15) is 5.11 Å². The molecule has 1 heterocycles. The smallest absolute Gasteiger partial charge is 0.141 e. The molecule has 3 rings (SSSR count). The predicted octanol–water partition coefficient (Wildman–Crippen LogP) is 4.05. The summed E-state index contributed by atoms with van der Waals surface area (Å²) in [6.45, 7) is 1.91. The summed E-state index contributed by atoms with van der Waals surface area (Å²) < 4.78 is 10.9. The highest BCUT2D eigenvalue weighted by atomic mass is 16.5. The molecule has 0 saturated heterocycles. The Kier molecular flexibility index (Phi) is 3.36. The fourth-order valence-electron chi connectivity index (χ4n) is 2.19. The molecular formula is C17H15NO3. The Bertz CT molecular complexity index is 782. The second-order valence-corrected chi connectivity index (χ2v) is 4.71. The van der Waals surface area contributed by atoms with E-state index in [1.165, 1.54) is 6.20 Å². The van der Waals surface area contributed by atoms with Gasteiger partial charge in [0.2, 0.25) is 0 Å². The van der Waals surface area contributed by atoms with E-state index in [0.29, 0.717) is 11.5 Å². The maximum absolute atomic E-state index is 9.92. The van der Waals surface area contributed by atoms with Crippen LogP contribution < -0.4 is 9.47 Å². The Morgan fingerprint density at radius 2 is 1.57 bits per heavy atom. The van der Waals surface area contributed by atoms with Gasteiger partial charge in [-0.3, -0.25) is 4.98 Å². The van der Waals surface area contributed by atoms with Gasteiger partial charge in [0, 0.05) is 16.5 Å². The number of aromatic nitrogens is 1. The number of aromatic hydroxyl groups is 1. The molecule has 1 aromatic heterocycles. The molecule has 0 aliphatic heterocycles. The van der Waals surface area contributed by atoms with Crippen LogP contribution in [0.1, 0.15) is 5.69 Å². The average Bonchev–Trinajstić information content (AvgIpc) is 2.52. The van der Waals surface area contributed by atoms with Gasteiger partial charge in [-0.25, -0.2) is 0 Å². The molecule has 4 heteroatoms. The van der Waals surface area contributed by atoms with Crippen LogP contribution in [0.4, 0.5) is 0 Å². The third-order valence-corrected chi connectivity index (χ3v) is 3.33. The first-order valence-corrected chi connectivity index (χ1v) is 6.57. The van der Waals surface area contributed by atoms with Crippen LogP contribution in [0.15, 0.2) is 48.7 Å². The second-order valence-electron chi connectivity index (χ2n) is 4.71. The molecule has 0 radical (unpaired) electrons. The van der Waals surface area contributed by atoms with Crippen LogP contribution in [-0.2, 0) is 0 Å². The summed E-state index contributed by atoms with van der Waals surface area (Å²) in [5.41, 5.74) is 0.874. The molecule has 0 spiro atoms. The molecule has 2 aromatic carbocycles. The lowest BCUT2D eigenvalue weighted by atomic mass is 10.1. The van der Waals surface area contributed by atoms with Gasteiger partial charge in [0.15, 0.2) is 0 Å². The van der Waals surface area contributed by atoms with E-state index in [0.717, 1.165) is 22.2 Å². The van der Waals surface area contributed by atoms with Gasteiger partial charge < -0.3 is 14.6 Å². The van der Waals surface area contributed by atoms with Crippen molar-refractivity contribution >= 4 is 10.8 Å². The Balaban J connectivity index is 1.95. The molecule has 4 nitrogen and oxygen atoms in total. The Morgan fingerprint density at radius 3 is 2.29 bits per heavy atom. The van der Waals surface area contributed by atoms with Crippen LogP contribution in [0.5, 0.6) is 23.0 Å². The van der Waals surface area contributed by atoms with E-state index < -0.39 is 0 Å². The van der Waals surface area contributed by atoms with E-state index in [-0.39, 0.29) is 5.75 Å². The Morgan fingerprint density at radius 1 is 0.905 bits per heavy atom. The molecule has 0 aliphatic rings. The lowest BCUT2D eigenvalue weighted by Crippen LogP contribution is -1.88. The highest BCUT2D eigenvalue weighted by Crippen LogP contribution is 2.31. The monoisotopic (exact) mass is 281 g/mol. The van der Waals surface area contributed by atoms with Crippen molar-refractivity contribution in [2.45, 2.75) is 6.92 Å². The lowest BCUT2D eigenvalue weighted by Gasteiger charge is -2.09. The number of aryl methyl sites for hydroxylation is 1. The third-order valence-electron chi connectivity index (χ3n) is 3.33. The molecule has 0 saturated carbocycles. The van der Waals surface area contributed by atoms with Gasteiger partial charge in [-0.15, -0.1) is 0 Å². The summed E-state index contributed by atoms with van der Waals surface area (Å²) in [6, 6.07) is 12.9. The van der Waals surface area contributed by atoms with Crippen LogP contribution in [0.25, 0.3) is 10.8 Å². The third kappa shape index (κ3) is 2.60. The number of hydrogen-bond acceptors (Lipinski definition) is 4. The van der Waals surface area contributed by atoms with E-state index in [2.05, 4.69) is 4.98 Å². The van der Waals surface area contributed by atoms with Crippen molar-refractivity contribution < 1.29 is 14.6 Å². The zero-order valence-corrected chi connectivity index (χ0v) is 11.8. The predicted molar refractivity (Wildman–Crippen MR) is 81.2 cm³/mol. The van der Waals surface area contributed by atoms with Crippen LogP contribution in [0, 0.1) is 6.92 Å². The number of rotatable bonds is 3. The average molecular weight is 281 g/mol. The Labute approximate surface area is 122 Å². The van der Waals surface area contributed by atoms with Crippen LogP contribution in [0.2, 0.25) is 0 Å². The lowest BCUT2D eigenvalue weighted by molar-refractivity contribution is 0.413. The van der Waals surface area contributed by atoms with Crippen molar-refractivity contribution in [3.8, 4) is 23.0 Å². The van der Waals surface area contributed by atoms with Gasteiger partial charge in [-0.05, 0) is 49.4 Å². The summed E-state index contributed by atoms with van der Waals surface area (Å²) in [5, 5.41) is 11.6. The zero-order valence-electron chi connectivity index (χ0n) is 11.8. The summed E-state index contributed by atoms with van der Waals surface area (Å²) in [4.78, 5) is 4.13. The van der Waals surface area contributed by atoms with Crippen molar-refractivity contribution in [1.82, 2.24) is 4.98 Å². The van der Waals surface area contributed by atoms with Gasteiger partial charge in [-0.1, -0.05) is 0 Å². The Hall–Kier alpha value is -2.75. The molecule has 3 aromatic rings. The van der Waals surface area contributed by atoms with E-state index >= 15 is 0 Å². The van der Waals surface area contributed by atoms with E-state index in [1.807, 2.05) is 49.4 Å². The van der Waals surface area contributed by atoms with Crippen LogP contribution in [-0.4, -0.2) is 17.2 Å². The summed E-state index contributed by atoms with van der Waals surface area (Å²) >= 11 is 0. The molecule has 0 fully saturated rings. The minimum atomic E-state index is 0.149. The molecule has 0 unspecified atom stereocenters. The van der Waals surface area contributed by atoms with Crippen molar-refractivity contribution in [2.75, 3.05) is 7.11 Å². The number of ether oxygens (including phenoxy) is 2. The minimum Gasteiger partial charge on any atom is -0.506 e. The van der Waals surface area contributed by atoms with Crippen molar-refractivity contribution in [3.63, 3.8) is 0 Å². The van der Waals surface area contributed by atoms with Gasteiger partial charge in [-0.2, -0.15) is 0 Å². The molecule has 1 N–H and O–H groups in total. The SMILES string of the molecule is COc1ccc(Oc2ccc3c(C)ncc(O)c3c2)cc1. The number of benzene rings is 2. The maximum Gasteiger partial charge on any atom is 0.141 e. The quantitative estimate of drug-likeness (QED) is 0.787. The standard InChI is InChI=1S/C17H15NO3/c1-11-15-8-7-14(9-16(15)17(19)10-18-11)21-13-5-3-12(20-2)4-6-13/h3-10,19H,1-2H3. The van der Waals surface area contributed by atoms with Gasteiger partial charge >= 0.3 is 0 Å². The molecule has 0 aliphatic carbocycles. The van der Waals surface area contributed by atoms with E-state index in [1.54, 1.807) is 7.11 Å². The van der Waals surface area contributed by atoms with Crippen molar-refractivity contribution in [3.05, 3.63) is 54.4 Å². The molecule has 21 heavy (non-hydrogen) atoms. The van der Waals surface area contributed by atoms with Crippen LogP contribution >= 0.6 is 0 Å². The van der Waals surface area contributed by atoms with E-state index in [4.69, 9.17) is 9.47 Å². The fraction of sp³-hybridized carbons (Fsp3) is 0.118. The van der Waals surface area contributed by atoms with Crippen molar-refractivity contribution in [2.24, 2.45) is 0 Å². The summed E-state index contributed by atoms with van der Waals surface area (Å²) in [7, 11) is 1.62. The number of methoxy groups -OCH3 is 1. The highest BCUT2D eigenvalue weighted by molar-refractivity contribution is 5.90. The normalized spacial score (nSPS) is 10.6. The van der Waals surface area contributed by atoms with Crippen molar-refractivity contribution in [1.29, 1.82) is 0 Å². The van der Waals surface area contributed by atoms with Gasteiger partial charge in [0.25, 0.3) is 0 Å². The molecule has 106 valence electrons. The summed E-state index contributed by atoms with van der Waals surface area (Å²) in [6.07, 6.45) is 1.45. The minimum absolute atomic E-state index is 0.149. The van der Waals surface area contributed by atoms with Crippen LogP contribution in [0.3, 0.4) is 0 Å². The first kappa shape index (κ1) is 13.2. The number of fused-ring (bicyclic) bond motifs is 1. The van der Waals surface area contributed by atoms with Gasteiger partial charge in [0.1, 0.15) is 23.0 Å². The van der Waals surface area contributed by atoms with Gasteiger partial charge in [0.05, 0.1) is 13.3 Å². The number of nitrogens with zero attached hydrogens (tertiary/aromatic N) is 1. The largest absolute Gasteiger partial charge is 0.506 e. The number of pyridine rings is 1. The molecule has 0 atom stereocenters. The molecular weight excluding hydrogens is 266 g/mol. The second kappa shape index (κ2) is 5.32. The first-order valence-electron chi connectivity index (χ1n) is 6.57. The summed E-state index contributed by atoms with van der Waals surface area (Å²) in [5.74, 6) is 2.30. The maximum atomic E-state index is 9.92. The number of hydrogen-bond donors (Lipinski definition) is 1. The topological polar surface area (TPSA) is 51.6 Å². The molecule has 0 amide bonds. The zero-order chi connectivity index (χ0) is 14.8. The highest BCUT2D eigenvalue weighted by Gasteiger charge is 2.06. The first-order chi connectivity index (χ1) is 10.2.